The summed E-state index contributed by atoms with van der Waals surface area (Å²) in [6.07, 6.45) is 0. The van der Waals surface area contributed by atoms with Crippen LogP contribution in [0.5, 0.6) is 0 Å². The molecular weight excluding hydrogens is 657 g/mol. The van der Waals surface area contributed by atoms with Gasteiger partial charge in [0.2, 0.25) is 0 Å². The van der Waals surface area contributed by atoms with E-state index >= 15 is 0 Å². The van der Waals surface area contributed by atoms with Gasteiger partial charge in [-0.05, 0) is 87.3 Å². The number of rotatable bonds is 5. The summed E-state index contributed by atoms with van der Waals surface area (Å²) < 4.78 is 6.53. The van der Waals surface area contributed by atoms with Crippen LogP contribution in [0.1, 0.15) is 0 Å². The van der Waals surface area contributed by atoms with Crippen molar-refractivity contribution in [3.8, 4) is 22.4 Å². The first-order valence-corrected chi connectivity index (χ1v) is 18.4. The molecule has 0 radical (unpaired) electrons. The molecule has 0 saturated heterocycles. The Balaban J connectivity index is 0.985. The van der Waals surface area contributed by atoms with E-state index in [0.717, 1.165) is 83.1 Å². The Morgan fingerprint density at radius 1 is 0.370 bits per heavy atom. The van der Waals surface area contributed by atoms with Crippen molar-refractivity contribution in [3.63, 3.8) is 0 Å². The largest absolute Gasteiger partial charge is 0.455 e. The van der Waals surface area contributed by atoms with Crippen LogP contribution in [-0.2, 0) is 0 Å². The molecule has 2 heterocycles. The Kier molecular flexibility index (Phi) is 6.86. The van der Waals surface area contributed by atoms with Crippen LogP contribution in [0, 0.1) is 0 Å². The third-order valence-electron chi connectivity index (χ3n) is 10.8. The fraction of sp³-hybridized carbons (Fsp3) is 0. The summed E-state index contributed by atoms with van der Waals surface area (Å²) in [4.78, 5) is 7.56. The summed E-state index contributed by atoms with van der Waals surface area (Å²) in [6.45, 7) is 0. The Morgan fingerprint density at radius 2 is 0.889 bits per heavy atom. The smallest absolute Gasteiger partial charge is 0.144 e. The molecule has 2 aromatic heterocycles. The topological polar surface area (TPSA) is 29.3 Å². The molecule has 11 rings (SSSR count). The molecule has 3 heteroatoms. The zero-order chi connectivity index (χ0) is 35.6. The normalized spacial score (nSPS) is 11.7. The van der Waals surface area contributed by atoms with Crippen molar-refractivity contribution in [2.24, 2.45) is 0 Å². The van der Waals surface area contributed by atoms with Crippen LogP contribution >= 0.6 is 0 Å². The van der Waals surface area contributed by atoms with Crippen molar-refractivity contribution in [1.82, 2.24) is 4.98 Å². The van der Waals surface area contributed by atoms with Crippen LogP contribution in [-0.4, -0.2) is 4.98 Å². The predicted octanol–water partition coefficient (Wildman–Crippen LogP) is 14.4. The first kappa shape index (κ1) is 30.4. The molecule has 252 valence electrons. The van der Waals surface area contributed by atoms with Gasteiger partial charge >= 0.3 is 0 Å². The summed E-state index contributed by atoms with van der Waals surface area (Å²) in [5, 5.41) is 10.4. The number of nitrogens with zero attached hydrogens (tertiary/aromatic N) is 2. The van der Waals surface area contributed by atoms with Gasteiger partial charge in [-0.1, -0.05) is 140 Å². The second kappa shape index (κ2) is 12.2. The SMILES string of the molecule is c1ccc2cc(N(c3ccc(-c4ccc(-c5nc6ccccc6c6c5ccc5c7ccccc7oc56)cc4)cc3)c3ccc4ccccc4c3)ccc2c1. The maximum Gasteiger partial charge on any atom is 0.144 e. The first-order valence-electron chi connectivity index (χ1n) is 18.4. The number of furan rings is 1. The van der Waals surface area contributed by atoms with E-state index in [1.54, 1.807) is 0 Å². The molecule has 0 unspecified atom stereocenters. The monoisotopic (exact) mass is 688 g/mol. The third kappa shape index (κ3) is 4.94. The standard InChI is InChI=1S/C51H32N2O/c1-3-11-38-31-41(27-23-33(38)9-1)53(42-28-24-34-10-2-4-12-39(34)32-42)40-25-21-36(22-26-40)35-17-19-37(20-18-35)50-46-30-29-44-43-13-6-8-16-48(43)54-51(44)49(46)45-14-5-7-15-47(45)52-50/h1-32H. The summed E-state index contributed by atoms with van der Waals surface area (Å²) in [5.74, 6) is 0. The number of pyridine rings is 1. The van der Waals surface area contributed by atoms with E-state index in [1.165, 1.54) is 21.5 Å². The highest BCUT2D eigenvalue weighted by Gasteiger charge is 2.18. The zero-order valence-electron chi connectivity index (χ0n) is 29.3. The van der Waals surface area contributed by atoms with Crippen molar-refractivity contribution in [2.45, 2.75) is 0 Å². The van der Waals surface area contributed by atoms with Gasteiger partial charge in [0.15, 0.2) is 0 Å². The van der Waals surface area contributed by atoms with Gasteiger partial charge in [0.25, 0.3) is 0 Å². The second-order valence-corrected chi connectivity index (χ2v) is 14.0. The lowest BCUT2D eigenvalue weighted by Gasteiger charge is -2.26. The summed E-state index contributed by atoms with van der Waals surface area (Å²) in [6, 6.07) is 69.2. The molecule has 0 fully saturated rings. The Labute approximate surface area is 312 Å². The second-order valence-electron chi connectivity index (χ2n) is 14.0. The van der Waals surface area contributed by atoms with Gasteiger partial charge in [-0.15, -0.1) is 0 Å². The summed E-state index contributed by atoms with van der Waals surface area (Å²) >= 11 is 0. The molecule has 0 aliphatic heterocycles. The highest BCUT2D eigenvalue weighted by Crippen LogP contribution is 2.42. The van der Waals surface area contributed by atoms with Gasteiger partial charge in [0.1, 0.15) is 11.2 Å². The molecule has 0 saturated carbocycles. The Bertz CT molecular complexity index is 3130. The maximum absolute atomic E-state index is 6.53. The molecule has 0 N–H and O–H groups in total. The molecule has 0 bridgehead atoms. The number of hydrogen-bond donors (Lipinski definition) is 0. The molecule has 0 aliphatic rings. The highest BCUT2D eigenvalue weighted by molar-refractivity contribution is 6.24. The maximum atomic E-state index is 6.53. The fourth-order valence-electron chi connectivity index (χ4n) is 8.14. The molecular formula is C51H32N2O. The average molecular weight is 689 g/mol. The molecule has 9 aromatic carbocycles. The number of para-hydroxylation sites is 2. The van der Waals surface area contributed by atoms with Gasteiger partial charge in [-0.25, -0.2) is 4.98 Å². The minimum Gasteiger partial charge on any atom is -0.455 e. The average Bonchev–Trinajstić information content (AvgIpc) is 3.63. The van der Waals surface area contributed by atoms with Crippen molar-refractivity contribution in [2.75, 3.05) is 4.90 Å². The van der Waals surface area contributed by atoms with Crippen LogP contribution in [0.2, 0.25) is 0 Å². The first-order chi connectivity index (χ1) is 26.7. The van der Waals surface area contributed by atoms with Crippen LogP contribution < -0.4 is 4.90 Å². The van der Waals surface area contributed by atoms with Crippen LogP contribution in [0.3, 0.4) is 0 Å². The lowest BCUT2D eigenvalue weighted by molar-refractivity contribution is 0.673. The van der Waals surface area contributed by atoms with Gasteiger partial charge in [-0.3, -0.25) is 0 Å². The summed E-state index contributed by atoms with van der Waals surface area (Å²) in [5.41, 5.74) is 10.4. The number of fused-ring (bicyclic) bond motifs is 9. The van der Waals surface area contributed by atoms with Gasteiger partial charge in [0, 0.05) is 49.6 Å². The molecule has 11 aromatic rings. The van der Waals surface area contributed by atoms with E-state index in [1.807, 2.05) is 12.1 Å². The van der Waals surface area contributed by atoms with E-state index < -0.39 is 0 Å². The molecule has 0 aliphatic carbocycles. The molecule has 0 atom stereocenters. The minimum atomic E-state index is 0.899. The van der Waals surface area contributed by atoms with Crippen LogP contribution in [0.4, 0.5) is 17.1 Å². The molecule has 0 spiro atoms. The molecule has 3 nitrogen and oxygen atoms in total. The number of anilines is 3. The van der Waals surface area contributed by atoms with E-state index in [9.17, 15) is 0 Å². The Hall–Kier alpha value is -7.23. The Morgan fingerprint density at radius 3 is 1.57 bits per heavy atom. The minimum absolute atomic E-state index is 0.899. The van der Waals surface area contributed by atoms with Gasteiger partial charge in [-0.2, -0.15) is 0 Å². The third-order valence-corrected chi connectivity index (χ3v) is 10.8. The molecule has 54 heavy (non-hydrogen) atoms. The lowest BCUT2D eigenvalue weighted by atomic mass is 9.96. The van der Waals surface area contributed by atoms with Crippen molar-refractivity contribution < 1.29 is 4.42 Å². The van der Waals surface area contributed by atoms with E-state index in [2.05, 4.69) is 187 Å². The number of aromatic nitrogens is 1. The predicted molar refractivity (Wildman–Crippen MR) is 227 cm³/mol. The van der Waals surface area contributed by atoms with Crippen molar-refractivity contribution in [3.05, 3.63) is 194 Å². The van der Waals surface area contributed by atoms with Crippen molar-refractivity contribution >= 4 is 82.2 Å². The highest BCUT2D eigenvalue weighted by atomic mass is 16.3. The van der Waals surface area contributed by atoms with E-state index in [4.69, 9.17) is 9.40 Å². The van der Waals surface area contributed by atoms with Crippen LogP contribution in [0.15, 0.2) is 199 Å². The quantitative estimate of drug-likeness (QED) is 0.169. The van der Waals surface area contributed by atoms with Gasteiger partial charge < -0.3 is 9.32 Å². The molecule has 0 amide bonds. The van der Waals surface area contributed by atoms with E-state index in [0.29, 0.717) is 0 Å². The fourth-order valence-corrected chi connectivity index (χ4v) is 8.14. The lowest BCUT2D eigenvalue weighted by Crippen LogP contribution is -2.09. The van der Waals surface area contributed by atoms with Gasteiger partial charge in [0.05, 0.1) is 11.2 Å². The summed E-state index contributed by atoms with van der Waals surface area (Å²) in [7, 11) is 0. The van der Waals surface area contributed by atoms with Crippen LogP contribution in [0.25, 0.3) is 87.5 Å². The number of hydrogen-bond acceptors (Lipinski definition) is 3. The zero-order valence-corrected chi connectivity index (χ0v) is 29.3. The van der Waals surface area contributed by atoms with E-state index in [-0.39, 0.29) is 0 Å². The van der Waals surface area contributed by atoms with Crippen molar-refractivity contribution in [1.29, 1.82) is 0 Å². The number of benzene rings is 9.